The third-order valence-corrected chi connectivity index (χ3v) is 7.73. The highest BCUT2D eigenvalue weighted by atomic mass is 32.2. The molecule has 10 heteroatoms. The molecule has 8 nitrogen and oxygen atoms in total. The number of thioether (sulfide) groups is 1. The average molecular weight is 499 g/mol. The summed E-state index contributed by atoms with van der Waals surface area (Å²) >= 11 is 2.85. The molecule has 0 saturated carbocycles. The van der Waals surface area contributed by atoms with E-state index in [1.54, 1.807) is 7.11 Å². The Hall–Kier alpha value is -2.98. The number of ether oxygens (including phenoxy) is 3. The van der Waals surface area contributed by atoms with Crippen LogP contribution < -0.4 is 19.5 Å². The van der Waals surface area contributed by atoms with Gasteiger partial charge in [-0.2, -0.15) is 0 Å². The van der Waals surface area contributed by atoms with Crippen LogP contribution in [0.5, 0.6) is 17.2 Å². The number of nitrogens with one attached hydrogen (secondary N) is 1. The second kappa shape index (κ2) is 10.5. The van der Waals surface area contributed by atoms with Gasteiger partial charge in [-0.1, -0.05) is 35.2 Å². The maximum Gasteiger partial charge on any atom is 0.233 e. The number of fused-ring (bicyclic) bond motifs is 1. The molecular formula is C24H26N4O4S2. The molecule has 2 aliphatic rings. The van der Waals surface area contributed by atoms with Gasteiger partial charge in [0.2, 0.25) is 11.0 Å². The van der Waals surface area contributed by atoms with E-state index in [9.17, 15) is 4.79 Å². The number of carbonyl (C=O) groups is 1. The number of methoxy groups -OCH3 is 1. The fourth-order valence-corrected chi connectivity index (χ4v) is 5.81. The summed E-state index contributed by atoms with van der Waals surface area (Å²) in [6, 6.07) is 13.7. The van der Waals surface area contributed by atoms with Gasteiger partial charge in [0.1, 0.15) is 5.75 Å². The van der Waals surface area contributed by atoms with Gasteiger partial charge in [-0.15, -0.1) is 10.2 Å². The van der Waals surface area contributed by atoms with Gasteiger partial charge in [0, 0.05) is 24.7 Å². The van der Waals surface area contributed by atoms with E-state index in [0.29, 0.717) is 24.1 Å². The smallest absolute Gasteiger partial charge is 0.233 e. The van der Waals surface area contributed by atoms with E-state index in [-0.39, 0.29) is 11.9 Å². The van der Waals surface area contributed by atoms with Gasteiger partial charge in [0.15, 0.2) is 15.8 Å². The Morgan fingerprint density at radius 1 is 1.18 bits per heavy atom. The number of aromatic nitrogens is 2. The van der Waals surface area contributed by atoms with E-state index in [4.69, 9.17) is 14.2 Å². The Balaban J connectivity index is 1.20. The molecule has 1 unspecified atom stereocenters. The summed E-state index contributed by atoms with van der Waals surface area (Å²) in [7, 11) is 1.63. The Morgan fingerprint density at radius 2 is 2.06 bits per heavy atom. The van der Waals surface area contributed by atoms with E-state index in [1.807, 2.05) is 41.3 Å². The first-order chi connectivity index (χ1) is 16.7. The fourth-order valence-electron chi connectivity index (χ4n) is 4.15. The van der Waals surface area contributed by atoms with Crippen molar-refractivity contribution in [3.8, 4) is 17.2 Å². The molecule has 0 aliphatic carbocycles. The second-order valence-corrected chi connectivity index (χ2v) is 10.2. The van der Waals surface area contributed by atoms with Crippen LogP contribution in [-0.2, 0) is 4.79 Å². The minimum absolute atomic E-state index is 0.0601. The standard InChI is InChI=1S/C24H26N4O4S2/c1-30-18-6-2-5-17(14-18)25-23-26-27-24(34-23)33-15-22(29)28-10-3-7-19(28)16-8-9-20-21(13-16)32-12-4-11-31-20/h2,5-6,8-9,13-14,19H,3-4,7,10-12,15H2,1H3,(H,25,26). The molecule has 34 heavy (non-hydrogen) atoms. The number of hydrogen-bond acceptors (Lipinski definition) is 9. The van der Waals surface area contributed by atoms with Crippen LogP contribution in [0.3, 0.4) is 0 Å². The lowest BCUT2D eigenvalue weighted by molar-refractivity contribution is -0.129. The molecule has 5 rings (SSSR count). The molecule has 3 aromatic rings. The Kier molecular flexibility index (Phi) is 7.05. The number of hydrogen-bond donors (Lipinski definition) is 1. The van der Waals surface area contributed by atoms with Crippen molar-refractivity contribution in [1.82, 2.24) is 15.1 Å². The molecule has 0 bridgehead atoms. The Morgan fingerprint density at radius 3 is 2.94 bits per heavy atom. The van der Waals surface area contributed by atoms with Gasteiger partial charge in [0.25, 0.3) is 0 Å². The summed E-state index contributed by atoms with van der Waals surface area (Å²) in [5, 5.41) is 12.3. The zero-order chi connectivity index (χ0) is 23.3. The topological polar surface area (TPSA) is 85.8 Å². The maximum atomic E-state index is 13.1. The van der Waals surface area contributed by atoms with Gasteiger partial charge in [0.05, 0.1) is 32.1 Å². The van der Waals surface area contributed by atoms with Crippen LogP contribution in [0.25, 0.3) is 0 Å². The third-order valence-electron chi connectivity index (χ3n) is 5.78. The molecule has 2 aliphatic heterocycles. The van der Waals surface area contributed by atoms with E-state index >= 15 is 0 Å². The van der Waals surface area contributed by atoms with Gasteiger partial charge < -0.3 is 24.4 Å². The lowest BCUT2D eigenvalue weighted by Crippen LogP contribution is -2.32. The van der Waals surface area contributed by atoms with Gasteiger partial charge >= 0.3 is 0 Å². The van der Waals surface area contributed by atoms with Crippen LogP contribution in [0.15, 0.2) is 46.8 Å². The molecule has 0 radical (unpaired) electrons. The van der Waals surface area contributed by atoms with E-state index in [2.05, 4.69) is 21.6 Å². The normalized spacial score (nSPS) is 17.3. The molecule has 0 spiro atoms. The Labute approximate surface area is 206 Å². The van der Waals surface area contributed by atoms with Gasteiger partial charge in [-0.3, -0.25) is 4.79 Å². The van der Waals surface area contributed by atoms with Crippen molar-refractivity contribution in [2.75, 3.05) is 37.9 Å². The van der Waals surface area contributed by atoms with Crippen LogP contribution in [0, 0.1) is 0 Å². The van der Waals surface area contributed by atoms with Crippen LogP contribution in [0.1, 0.15) is 30.9 Å². The molecule has 3 heterocycles. The van der Waals surface area contributed by atoms with Crippen molar-refractivity contribution >= 4 is 39.8 Å². The minimum atomic E-state index is 0.0601. The zero-order valence-electron chi connectivity index (χ0n) is 18.9. The predicted molar refractivity (Wildman–Crippen MR) is 133 cm³/mol. The van der Waals surface area contributed by atoms with Crippen molar-refractivity contribution in [2.24, 2.45) is 0 Å². The average Bonchev–Trinajstić information content (AvgIpc) is 3.47. The van der Waals surface area contributed by atoms with Crippen molar-refractivity contribution in [2.45, 2.75) is 29.6 Å². The molecule has 2 aromatic carbocycles. The first-order valence-electron chi connectivity index (χ1n) is 11.3. The lowest BCUT2D eigenvalue weighted by Gasteiger charge is -2.25. The number of anilines is 2. The molecule has 1 fully saturated rings. The summed E-state index contributed by atoms with van der Waals surface area (Å²) in [5.74, 6) is 2.76. The highest BCUT2D eigenvalue weighted by Crippen LogP contribution is 2.38. The first-order valence-corrected chi connectivity index (χ1v) is 13.1. The Bertz CT molecular complexity index is 1160. The number of amides is 1. The van der Waals surface area contributed by atoms with Crippen LogP contribution in [0.4, 0.5) is 10.8 Å². The van der Waals surface area contributed by atoms with Crippen molar-refractivity contribution in [1.29, 1.82) is 0 Å². The van der Waals surface area contributed by atoms with Crippen LogP contribution in [0.2, 0.25) is 0 Å². The first kappa shape index (κ1) is 22.8. The van der Waals surface area contributed by atoms with Crippen LogP contribution >= 0.6 is 23.1 Å². The highest BCUT2D eigenvalue weighted by Gasteiger charge is 2.31. The quantitative estimate of drug-likeness (QED) is 0.460. The summed E-state index contributed by atoms with van der Waals surface area (Å²) in [6.07, 6.45) is 2.81. The molecule has 1 amide bonds. The summed E-state index contributed by atoms with van der Waals surface area (Å²) in [6.45, 7) is 2.08. The molecule has 1 aromatic heterocycles. The van der Waals surface area contributed by atoms with E-state index in [1.165, 1.54) is 23.1 Å². The molecule has 1 saturated heterocycles. The van der Waals surface area contributed by atoms with Gasteiger partial charge in [-0.25, -0.2) is 0 Å². The SMILES string of the molecule is COc1cccc(Nc2nnc(SCC(=O)N3CCCC3c3ccc4c(c3)OCCCO4)s2)c1. The zero-order valence-corrected chi connectivity index (χ0v) is 20.5. The third kappa shape index (κ3) is 5.23. The lowest BCUT2D eigenvalue weighted by atomic mass is 10.0. The number of nitrogens with zero attached hydrogens (tertiary/aromatic N) is 3. The highest BCUT2D eigenvalue weighted by molar-refractivity contribution is 8.01. The maximum absolute atomic E-state index is 13.1. The monoisotopic (exact) mass is 498 g/mol. The minimum Gasteiger partial charge on any atom is -0.497 e. The fraction of sp³-hybridized carbons (Fsp3) is 0.375. The summed E-state index contributed by atoms with van der Waals surface area (Å²) in [4.78, 5) is 15.1. The number of rotatable bonds is 7. The summed E-state index contributed by atoms with van der Waals surface area (Å²) in [5.41, 5.74) is 1.97. The molecule has 1 atom stereocenters. The van der Waals surface area contributed by atoms with E-state index in [0.717, 1.165) is 58.6 Å². The molecule has 1 N–H and O–H groups in total. The van der Waals surface area contributed by atoms with Crippen molar-refractivity contribution < 1.29 is 19.0 Å². The molecular weight excluding hydrogens is 472 g/mol. The predicted octanol–water partition coefficient (Wildman–Crippen LogP) is 4.91. The number of likely N-dealkylation sites (tertiary alicyclic amines) is 1. The summed E-state index contributed by atoms with van der Waals surface area (Å²) < 4.78 is 17.6. The number of carbonyl (C=O) groups excluding carboxylic acids is 1. The van der Waals surface area contributed by atoms with Gasteiger partial charge in [-0.05, 0) is 42.7 Å². The molecule has 178 valence electrons. The van der Waals surface area contributed by atoms with Crippen LogP contribution in [-0.4, -0.2) is 53.6 Å². The number of benzene rings is 2. The largest absolute Gasteiger partial charge is 0.497 e. The second-order valence-electron chi connectivity index (χ2n) is 8.02. The van der Waals surface area contributed by atoms with E-state index < -0.39 is 0 Å². The van der Waals surface area contributed by atoms with Crippen molar-refractivity contribution in [3.63, 3.8) is 0 Å². The van der Waals surface area contributed by atoms with Crippen molar-refractivity contribution in [3.05, 3.63) is 48.0 Å².